The van der Waals surface area contributed by atoms with Gasteiger partial charge in [0.1, 0.15) is 17.1 Å². The third-order valence-corrected chi connectivity index (χ3v) is 3.71. The lowest BCUT2D eigenvalue weighted by molar-refractivity contribution is -0.125. The summed E-state index contributed by atoms with van der Waals surface area (Å²) in [6.45, 7) is 3.79. The summed E-state index contributed by atoms with van der Waals surface area (Å²) in [5.74, 6) is 0.215. The van der Waals surface area contributed by atoms with Crippen LogP contribution in [-0.2, 0) is 4.79 Å². The lowest BCUT2D eigenvalue weighted by Crippen LogP contribution is -2.26. The largest absolute Gasteiger partial charge is 0.493 e. The van der Waals surface area contributed by atoms with Gasteiger partial charge in [0, 0.05) is 36.3 Å². The van der Waals surface area contributed by atoms with Gasteiger partial charge in [-0.05, 0) is 18.2 Å². The molecule has 0 aliphatic heterocycles. The van der Waals surface area contributed by atoms with Crippen molar-refractivity contribution in [2.75, 3.05) is 6.61 Å². The summed E-state index contributed by atoms with van der Waals surface area (Å²) in [6, 6.07) is 8.27. The van der Waals surface area contributed by atoms with E-state index in [-0.39, 0.29) is 18.3 Å². The number of aliphatic hydroxyl groups is 1. The number of Topliss-reactive ketones (excluding diaryl/α,β-unsaturated/α-hetero) is 1. The highest BCUT2D eigenvalue weighted by Crippen LogP contribution is 2.20. The molecule has 1 aromatic heterocycles. The van der Waals surface area contributed by atoms with E-state index in [0.29, 0.717) is 24.2 Å². The number of carbonyl (C=O) groups excluding carboxylic acids is 1. The molecule has 118 valence electrons. The molecule has 0 fully saturated rings. The van der Waals surface area contributed by atoms with Gasteiger partial charge in [0.2, 0.25) is 0 Å². The predicted molar refractivity (Wildman–Crippen MR) is 83.1 cm³/mol. The Hall–Kier alpha value is -2.14. The number of fused-ring (bicyclic) bond motifs is 1. The minimum Gasteiger partial charge on any atom is -0.493 e. The van der Waals surface area contributed by atoms with Crippen LogP contribution in [0.4, 0.5) is 0 Å². The molecule has 5 nitrogen and oxygen atoms in total. The summed E-state index contributed by atoms with van der Waals surface area (Å²) in [6.07, 6.45) is 0.0674. The molecule has 0 bridgehead atoms. The number of aliphatic hydroxyl groups excluding tert-OH is 1. The van der Waals surface area contributed by atoms with Crippen LogP contribution in [0.5, 0.6) is 5.75 Å². The van der Waals surface area contributed by atoms with Crippen LogP contribution in [0.3, 0.4) is 0 Å². The second kappa shape index (κ2) is 7.22. The van der Waals surface area contributed by atoms with Crippen molar-refractivity contribution < 1.29 is 19.1 Å². The van der Waals surface area contributed by atoms with E-state index < -0.39 is 11.7 Å². The maximum atomic E-state index is 11.5. The second-order valence-electron chi connectivity index (χ2n) is 5.27. The minimum absolute atomic E-state index is 0.0416. The molecule has 0 amide bonds. The van der Waals surface area contributed by atoms with Crippen molar-refractivity contribution >= 4 is 16.8 Å². The fourth-order valence-electron chi connectivity index (χ4n) is 2.21. The van der Waals surface area contributed by atoms with Crippen molar-refractivity contribution in [1.29, 1.82) is 0 Å². The molecular formula is C17H20O5. The van der Waals surface area contributed by atoms with Crippen LogP contribution >= 0.6 is 0 Å². The van der Waals surface area contributed by atoms with Crippen molar-refractivity contribution in [3.05, 3.63) is 40.8 Å². The lowest BCUT2D eigenvalue weighted by Gasteiger charge is -2.17. The first-order valence-electron chi connectivity index (χ1n) is 7.38. The number of hydrogen-bond acceptors (Lipinski definition) is 5. The molecule has 5 heteroatoms. The van der Waals surface area contributed by atoms with Crippen LogP contribution in [0.2, 0.25) is 0 Å². The molecule has 2 aromatic rings. The van der Waals surface area contributed by atoms with Crippen molar-refractivity contribution in [2.45, 2.75) is 32.8 Å². The highest BCUT2D eigenvalue weighted by Gasteiger charge is 2.20. The molecule has 0 radical (unpaired) electrons. The van der Waals surface area contributed by atoms with Crippen LogP contribution in [0, 0.1) is 5.92 Å². The van der Waals surface area contributed by atoms with Crippen molar-refractivity contribution in [1.82, 2.24) is 0 Å². The van der Waals surface area contributed by atoms with Crippen LogP contribution in [0.1, 0.15) is 26.7 Å². The maximum Gasteiger partial charge on any atom is 0.336 e. The second-order valence-corrected chi connectivity index (χ2v) is 5.27. The lowest BCUT2D eigenvalue weighted by atomic mass is 9.96. The van der Waals surface area contributed by atoms with Gasteiger partial charge in [-0.3, -0.25) is 4.79 Å². The smallest absolute Gasteiger partial charge is 0.336 e. The number of ketones is 1. The van der Waals surface area contributed by atoms with Gasteiger partial charge >= 0.3 is 5.63 Å². The normalized spacial score (nSPS) is 13.8. The van der Waals surface area contributed by atoms with E-state index in [4.69, 9.17) is 9.15 Å². The average Bonchev–Trinajstić information content (AvgIpc) is 2.52. The number of hydrogen-bond donors (Lipinski definition) is 1. The van der Waals surface area contributed by atoms with E-state index in [1.807, 2.05) is 0 Å². The van der Waals surface area contributed by atoms with Gasteiger partial charge in [-0.1, -0.05) is 13.8 Å². The molecule has 0 spiro atoms. The van der Waals surface area contributed by atoms with Crippen molar-refractivity contribution in [3.63, 3.8) is 0 Å². The van der Waals surface area contributed by atoms with Gasteiger partial charge < -0.3 is 14.3 Å². The Morgan fingerprint density at radius 2 is 2.05 bits per heavy atom. The Morgan fingerprint density at radius 1 is 1.32 bits per heavy atom. The fraction of sp³-hybridized carbons (Fsp3) is 0.412. The van der Waals surface area contributed by atoms with Crippen molar-refractivity contribution in [3.8, 4) is 5.75 Å². The van der Waals surface area contributed by atoms with Crippen LogP contribution < -0.4 is 10.4 Å². The fourth-order valence-corrected chi connectivity index (χ4v) is 2.21. The van der Waals surface area contributed by atoms with Crippen LogP contribution in [0.25, 0.3) is 11.0 Å². The third kappa shape index (κ3) is 3.95. The Bertz CT molecular complexity index is 704. The molecule has 2 rings (SSSR count). The summed E-state index contributed by atoms with van der Waals surface area (Å²) in [5.41, 5.74) is 0.0482. The van der Waals surface area contributed by atoms with Crippen LogP contribution in [-0.4, -0.2) is 23.6 Å². The summed E-state index contributed by atoms with van der Waals surface area (Å²) in [5, 5.41) is 10.8. The molecule has 2 atom stereocenters. The molecule has 0 unspecified atom stereocenters. The van der Waals surface area contributed by atoms with Crippen LogP contribution in [0.15, 0.2) is 39.5 Å². The first-order valence-corrected chi connectivity index (χ1v) is 7.38. The SMILES string of the molecule is CCC(=O)[C@@H](C)[C@@H](O)CCOc1ccc2ccc(=O)oc2c1. The van der Waals surface area contributed by atoms with Gasteiger partial charge in [0.25, 0.3) is 0 Å². The van der Waals surface area contributed by atoms with E-state index in [1.165, 1.54) is 6.07 Å². The van der Waals surface area contributed by atoms with Gasteiger partial charge in [-0.25, -0.2) is 4.79 Å². The number of rotatable bonds is 7. The molecule has 1 aromatic carbocycles. The van der Waals surface area contributed by atoms with Gasteiger partial charge in [0.15, 0.2) is 0 Å². The molecular weight excluding hydrogens is 284 g/mol. The number of carbonyl (C=O) groups is 1. The summed E-state index contributed by atoms with van der Waals surface area (Å²) in [4.78, 5) is 22.7. The Labute approximate surface area is 128 Å². The first kappa shape index (κ1) is 16.2. The van der Waals surface area contributed by atoms with E-state index >= 15 is 0 Å². The number of benzene rings is 1. The zero-order valence-electron chi connectivity index (χ0n) is 12.7. The monoisotopic (exact) mass is 304 g/mol. The summed E-state index contributed by atoms with van der Waals surface area (Å²) in [7, 11) is 0. The van der Waals surface area contributed by atoms with E-state index in [1.54, 1.807) is 38.1 Å². The highest BCUT2D eigenvalue weighted by atomic mass is 16.5. The zero-order valence-corrected chi connectivity index (χ0v) is 12.7. The third-order valence-electron chi connectivity index (χ3n) is 3.71. The summed E-state index contributed by atoms with van der Waals surface area (Å²) < 4.78 is 10.6. The Balaban J connectivity index is 1.94. The quantitative estimate of drug-likeness (QED) is 0.795. The molecule has 0 aliphatic rings. The average molecular weight is 304 g/mol. The Morgan fingerprint density at radius 3 is 2.77 bits per heavy atom. The molecule has 22 heavy (non-hydrogen) atoms. The maximum absolute atomic E-state index is 11.5. The topological polar surface area (TPSA) is 76.7 Å². The standard InChI is InChI=1S/C17H20O5/c1-3-14(18)11(2)15(19)8-9-21-13-6-4-12-5-7-17(20)22-16(12)10-13/h4-7,10-11,15,19H,3,8-9H2,1-2H3/t11-,15+/m1/s1. The summed E-state index contributed by atoms with van der Waals surface area (Å²) >= 11 is 0. The highest BCUT2D eigenvalue weighted by molar-refractivity contribution is 5.80. The Kier molecular flexibility index (Phi) is 5.33. The van der Waals surface area contributed by atoms with E-state index in [0.717, 1.165) is 5.39 Å². The molecule has 1 heterocycles. The molecule has 0 saturated heterocycles. The molecule has 0 saturated carbocycles. The predicted octanol–water partition coefficient (Wildman–Crippen LogP) is 2.54. The number of ether oxygens (including phenoxy) is 1. The van der Waals surface area contributed by atoms with Gasteiger partial charge in [0.05, 0.1) is 12.7 Å². The molecule has 1 N–H and O–H groups in total. The first-order chi connectivity index (χ1) is 10.5. The van der Waals surface area contributed by atoms with Gasteiger partial charge in [-0.15, -0.1) is 0 Å². The zero-order chi connectivity index (χ0) is 16.1. The van der Waals surface area contributed by atoms with E-state index in [9.17, 15) is 14.7 Å². The van der Waals surface area contributed by atoms with Gasteiger partial charge in [-0.2, -0.15) is 0 Å². The van der Waals surface area contributed by atoms with E-state index in [2.05, 4.69) is 0 Å². The molecule has 0 aliphatic carbocycles. The minimum atomic E-state index is -0.717. The van der Waals surface area contributed by atoms with Crippen molar-refractivity contribution in [2.24, 2.45) is 5.92 Å².